The minimum Gasteiger partial charge on any atom is -0.393 e. The number of rotatable bonds is 1. The molecule has 0 radical (unpaired) electrons. The van der Waals surface area contributed by atoms with E-state index in [2.05, 4.69) is 12.2 Å². The number of aliphatic hydroxyl groups excluding tert-OH is 1. The number of aliphatic hydroxyl groups is 1. The summed E-state index contributed by atoms with van der Waals surface area (Å²) in [6.07, 6.45) is 5.96. The second-order valence-electron chi connectivity index (χ2n) is 4.92. The zero-order chi connectivity index (χ0) is 9.26. The molecule has 1 saturated heterocycles. The molecule has 2 aliphatic rings. The van der Waals surface area contributed by atoms with Gasteiger partial charge < -0.3 is 10.4 Å². The lowest BCUT2D eigenvalue weighted by Gasteiger charge is -2.32. The van der Waals surface area contributed by atoms with Crippen LogP contribution in [0.1, 0.15) is 39.0 Å². The highest BCUT2D eigenvalue weighted by molar-refractivity contribution is 4.87. The summed E-state index contributed by atoms with van der Waals surface area (Å²) < 4.78 is 0. The fourth-order valence-corrected chi connectivity index (χ4v) is 2.78. The van der Waals surface area contributed by atoms with Gasteiger partial charge in [0.1, 0.15) is 0 Å². The maximum atomic E-state index is 9.45. The van der Waals surface area contributed by atoms with E-state index in [9.17, 15) is 5.11 Å². The van der Waals surface area contributed by atoms with Crippen molar-refractivity contribution in [2.75, 3.05) is 6.54 Å². The summed E-state index contributed by atoms with van der Waals surface area (Å²) in [7, 11) is 0. The Kier molecular flexibility index (Phi) is 2.89. The molecule has 1 saturated carbocycles. The van der Waals surface area contributed by atoms with Gasteiger partial charge in [0, 0.05) is 6.04 Å². The first-order valence-corrected chi connectivity index (χ1v) is 5.67. The van der Waals surface area contributed by atoms with Crippen LogP contribution in [-0.2, 0) is 0 Å². The summed E-state index contributed by atoms with van der Waals surface area (Å²) >= 11 is 0. The maximum absolute atomic E-state index is 9.45. The fourth-order valence-electron chi connectivity index (χ4n) is 2.78. The molecule has 0 aromatic heterocycles. The number of nitrogens with one attached hydrogen (secondary N) is 1. The van der Waals surface area contributed by atoms with Crippen LogP contribution in [0.5, 0.6) is 0 Å². The second-order valence-corrected chi connectivity index (χ2v) is 4.92. The molecule has 0 aromatic rings. The zero-order valence-corrected chi connectivity index (χ0v) is 8.50. The molecule has 0 bridgehead atoms. The average Bonchev–Trinajstić information content (AvgIpc) is 2.53. The Bertz CT molecular complexity index is 163. The van der Waals surface area contributed by atoms with E-state index >= 15 is 0 Å². The Balaban J connectivity index is 1.81. The first kappa shape index (κ1) is 9.47. The zero-order valence-electron chi connectivity index (χ0n) is 8.50. The van der Waals surface area contributed by atoms with Gasteiger partial charge in [-0.25, -0.2) is 0 Å². The molecule has 2 N–H and O–H groups in total. The minimum atomic E-state index is -0.00819. The highest BCUT2D eigenvalue weighted by Crippen LogP contribution is 2.32. The number of hydrogen-bond donors (Lipinski definition) is 2. The van der Waals surface area contributed by atoms with Crippen LogP contribution in [0, 0.1) is 11.8 Å². The van der Waals surface area contributed by atoms with Crippen molar-refractivity contribution in [3.63, 3.8) is 0 Å². The van der Waals surface area contributed by atoms with Crippen LogP contribution in [0.4, 0.5) is 0 Å². The van der Waals surface area contributed by atoms with E-state index < -0.39 is 0 Å². The molecular weight excluding hydrogens is 162 g/mol. The highest BCUT2D eigenvalue weighted by Gasteiger charge is 2.31. The number of piperidine rings is 1. The van der Waals surface area contributed by atoms with Crippen LogP contribution >= 0.6 is 0 Å². The van der Waals surface area contributed by atoms with Crippen molar-refractivity contribution in [1.82, 2.24) is 5.32 Å². The van der Waals surface area contributed by atoms with E-state index in [4.69, 9.17) is 0 Å². The van der Waals surface area contributed by atoms with Gasteiger partial charge in [0.05, 0.1) is 6.10 Å². The molecule has 0 amide bonds. The molecule has 13 heavy (non-hydrogen) atoms. The molecule has 0 spiro atoms. The molecule has 2 rings (SSSR count). The number of hydrogen-bond acceptors (Lipinski definition) is 2. The Morgan fingerprint density at radius 1 is 1.15 bits per heavy atom. The summed E-state index contributed by atoms with van der Waals surface area (Å²) in [6, 6.07) is 0.702. The predicted molar refractivity (Wildman–Crippen MR) is 53.5 cm³/mol. The monoisotopic (exact) mass is 183 g/mol. The van der Waals surface area contributed by atoms with E-state index in [1.54, 1.807) is 0 Å². The van der Waals surface area contributed by atoms with Gasteiger partial charge in [0.15, 0.2) is 0 Å². The Hall–Kier alpha value is -0.0800. The van der Waals surface area contributed by atoms with Crippen molar-refractivity contribution in [1.29, 1.82) is 0 Å². The van der Waals surface area contributed by atoms with Crippen molar-refractivity contribution in [2.45, 2.75) is 51.2 Å². The predicted octanol–water partition coefficient (Wildman–Crippen LogP) is 1.54. The van der Waals surface area contributed by atoms with E-state index in [-0.39, 0.29) is 6.10 Å². The first-order valence-electron chi connectivity index (χ1n) is 5.67. The van der Waals surface area contributed by atoms with Crippen LogP contribution < -0.4 is 5.32 Å². The quantitative estimate of drug-likeness (QED) is 0.646. The Labute approximate surface area is 80.7 Å². The highest BCUT2D eigenvalue weighted by atomic mass is 16.3. The van der Waals surface area contributed by atoms with E-state index in [1.807, 2.05) is 0 Å². The summed E-state index contributed by atoms with van der Waals surface area (Å²) in [5.41, 5.74) is 0. The molecule has 0 aromatic carbocycles. The third kappa shape index (κ3) is 2.23. The van der Waals surface area contributed by atoms with Crippen LogP contribution in [-0.4, -0.2) is 23.8 Å². The first-order chi connectivity index (χ1) is 6.25. The normalized spacial score (nSPS) is 46.6. The molecule has 1 heterocycles. The Morgan fingerprint density at radius 2 is 2.00 bits per heavy atom. The second kappa shape index (κ2) is 3.97. The SMILES string of the molecule is C[C@H]1CC[C@H](C2CCC(O)C2)NC1. The minimum absolute atomic E-state index is 0.00819. The molecule has 2 fully saturated rings. The van der Waals surface area contributed by atoms with Gasteiger partial charge in [-0.05, 0) is 50.5 Å². The van der Waals surface area contributed by atoms with Gasteiger partial charge in [0.25, 0.3) is 0 Å². The van der Waals surface area contributed by atoms with Crippen molar-refractivity contribution in [3.8, 4) is 0 Å². The van der Waals surface area contributed by atoms with Crippen molar-refractivity contribution < 1.29 is 5.11 Å². The maximum Gasteiger partial charge on any atom is 0.0543 e. The van der Waals surface area contributed by atoms with Gasteiger partial charge in [0.2, 0.25) is 0 Å². The van der Waals surface area contributed by atoms with Crippen LogP contribution in [0.25, 0.3) is 0 Å². The lowest BCUT2D eigenvalue weighted by molar-refractivity contribution is 0.167. The Morgan fingerprint density at radius 3 is 2.54 bits per heavy atom. The average molecular weight is 183 g/mol. The van der Waals surface area contributed by atoms with Crippen molar-refractivity contribution >= 4 is 0 Å². The van der Waals surface area contributed by atoms with E-state index in [1.165, 1.54) is 25.8 Å². The largest absolute Gasteiger partial charge is 0.393 e. The third-order valence-corrected chi connectivity index (χ3v) is 3.71. The van der Waals surface area contributed by atoms with Crippen LogP contribution in [0.3, 0.4) is 0 Å². The van der Waals surface area contributed by atoms with Crippen LogP contribution in [0.15, 0.2) is 0 Å². The molecule has 4 atom stereocenters. The summed E-state index contributed by atoms with van der Waals surface area (Å²) in [6.45, 7) is 3.49. The van der Waals surface area contributed by atoms with Gasteiger partial charge >= 0.3 is 0 Å². The van der Waals surface area contributed by atoms with E-state index in [0.717, 1.165) is 24.7 Å². The topological polar surface area (TPSA) is 32.3 Å². The lowest BCUT2D eigenvalue weighted by Crippen LogP contribution is -2.42. The lowest BCUT2D eigenvalue weighted by atomic mass is 9.87. The van der Waals surface area contributed by atoms with Gasteiger partial charge in [-0.2, -0.15) is 0 Å². The summed E-state index contributed by atoms with van der Waals surface area (Å²) in [4.78, 5) is 0. The molecular formula is C11H21NO. The molecule has 1 aliphatic carbocycles. The smallest absolute Gasteiger partial charge is 0.0543 e. The molecule has 2 unspecified atom stereocenters. The third-order valence-electron chi connectivity index (χ3n) is 3.71. The fraction of sp³-hybridized carbons (Fsp3) is 1.00. The molecule has 1 aliphatic heterocycles. The molecule has 2 nitrogen and oxygen atoms in total. The molecule has 76 valence electrons. The van der Waals surface area contributed by atoms with Crippen LogP contribution in [0.2, 0.25) is 0 Å². The molecule has 2 heteroatoms. The van der Waals surface area contributed by atoms with Crippen molar-refractivity contribution in [2.24, 2.45) is 11.8 Å². The summed E-state index contributed by atoms with van der Waals surface area (Å²) in [5.74, 6) is 1.60. The van der Waals surface area contributed by atoms with Gasteiger partial charge in [-0.3, -0.25) is 0 Å². The van der Waals surface area contributed by atoms with Crippen molar-refractivity contribution in [3.05, 3.63) is 0 Å². The van der Waals surface area contributed by atoms with Gasteiger partial charge in [-0.15, -0.1) is 0 Å². The summed E-state index contributed by atoms with van der Waals surface area (Å²) in [5, 5.41) is 13.1. The van der Waals surface area contributed by atoms with Gasteiger partial charge in [-0.1, -0.05) is 6.92 Å². The standard InChI is InChI=1S/C11H21NO/c1-8-2-5-11(12-7-8)9-3-4-10(13)6-9/h8-13H,2-7H2,1H3/t8-,9?,10?,11+/m0/s1. The van der Waals surface area contributed by atoms with E-state index in [0.29, 0.717) is 6.04 Å².